The van der Waals surface area contributed by atoms with Gasteiger partial charge in [-0.25, -0.2) is 8.42 Å². The molecule has 0 aliphatic carbocycles. The summed E-state index contributed by atoms with van der Waals surface area (Å²) in [5, 5.41) is 0. The second-order valence-electron chi connectivity index (χ2n) is 4.43. The molecular weight excluding hydrogens is 306 g/mol. The van der Waals surface area contributed by atoms with Crippen molar-refractivity contribution in [2.45, 2.75) is 30.0 Å². The summed E-state index contributed by atoms with van der Waals surface area (Å²) in [5.74, 6) is -0.932. The summed E-state index contributed by atoms with van der Waals surface area (Å²) in [6.07, 6.45) is 0.206. The number of nitrogens with one attached hydrogen (secondary N) is 2. The Morgan fingerprint density at radius 3 is 2.55 bits per heavy atom. The lowest BCUT2D eigenvalue weighted by molar-refractivity contribution is -0.147. The van der Waals surface area contributed by atoms with Gasteiger partial charge in [-0.2, -0.15) is 4.72 Å². The number of piperidine rings is 1. The molecule has 1 saturated heterocycles. The fourth-order valence-electron chi connectivity index (χ4n) is 1.91. The van der Waals surface area contributed by atoms with Crippen LogP contribution in [0, 0.1) is 6.92 Å². The number of aryl methyl sites for hydroxylation is 1. The Morgan fingerprint density at radius 2 is 2.00 bits per heavy atom. The van der Waals surface area contributed by atoms with Crippen LogP contribution in [-0.2, 0) is 19.6 Å². The third-order valence-corrected chi connectivity index (χ3v) is 6.05. The van der Waals surface area contributed by atoms with Crippen LogP contribution in [-0.4, -0.2) is 43.2 Å². The number of nitrogens with zero attached hydrogens (tertiary/aromatic N) is 1. The number of hydrogen-bond donors (Lipinski definition) is 2. The van der Waals surface area contributed by atoms with E-state index in [-0.39, 0.29) is 28.7 Å². The third kappa shape index (κ3) is 2.67. The molecule has 2 heterocycles. The first-order valence-corrected chi connectivity index (χ1v) is 8.05. The third-order valence-electron chi connectivity index (χ3n) is 2.97. The Labute approximate surface area is 118 Å². The van der Waals surface area contributed by atoms with Gasteiger partial charge in [0, 0.05) is 19.2 Å². The molecule has 1 aromatic rings. The van der Waals surface area contributed by atoms with Gasteiger partial charge in [-0.1, -0.05) is 11.3 Å². The second kappa shape index (κ2) is 5.11. The zero-order valence-corrected chi connectivity index (χ0v) is 12.4. The zero-order valence-electron chi connectivity index (χ0n) is 10.8. The van der Waals surface area contributed by atoms with Crippen LogP contribution >= 0.6 is 11.3 Å². The molecule has 2 amide bonds. The molecule has 1 aromatic heterocycles. The van der Waals surface area contributed by atoms with Crippen molar-refractivity contribution in [3.05, 3.63) is 15.4 Å². The highest BCUT2D eigenvalue weighted by Crippen LogP contribution is 2.19. The van der Waals surface area contributed by atoms with Gasteiger partial charge in [-0.05, 0) is 13.3 Å². The molecule has 1 aliphatic heterocycles. The van der Waals surface area contributed by atoms with Crippen LogP contribution < -0.4 is 9.60 Å². The van der Waals surface area contributed by atoms with Crippen molar-refractivity contribution < 1.29 is 18.0 Å². The van der Waals surface area contributed by atoms with Crippen LogP contribution in [0.2, 0.25) is 0 Å². The first kappa shape index (κ1) is 14.9. The minimum absolute atomic E-state index is 0.0950. The van der Waals surface area contributed by atoms with E-state index in [1.807, 2.05) is 0 Å². The zero-order chi connectivity index (χ0) is 15.1. The number of imide groups is 1. The Bertz CT molecular complexity index is 717. The Morgan fingerprint density at radius 1 is 1.35 bits per heavy atom. The molecule has 0 bridgehead atoms. The van der Waals surface area contributed by atoms with Gasteiger partial charge in [0.25, 0.3) is 10.0 Å². The number of likely N-dealkylation sites (tertiary alicyclic amines) is 1. The van der Waals surface area contributed by atoms with E-state index >= 15 is 0 Å². The van der Waals surface area contributed by atoms with Gasteiger partial charge in [0.05, 0.1) is 0 Å². The Hall–Kier alpha value is -1.52. The van der Waals surface area contributed by atoms with Crippen LogP contribution in [0.15, 0.2) is 9.00 Å². The van der Waals surface area contributed by atoms with E-state index in [1.165, 1.54) is 14.0 Å². The summed E-state index contributed by atoms with van der Waals surface area (Å²) in [4.78, 5) is 37.1. The minimum atomic E-state index is -3.97. The van der Waals surface area contributed by atoms with Crippen LogP contribution in [0.25, 0.3) is 0 Å². The van der Waals surface area contributed by atoms with E-state index in [0.29, 0.717) is 11.3 Å². The number of hydrogen-bond acceptors (Lipinski definition) is 6. The molecule has 1 unspecified atom stereocenters. The maximum atomic E-state index is 12.2. The number of likely N-dealkylation sites (N-methyl/N-ethyl adjacent to an activating group) is 1. The van der Waals surface area contributed by atoms with Gasteiger partial charge >= 0.3 is 4.87 Å². The number of sulfonamides is 1. The molecule has 0 saturated carbocycles. The second-order valence-corrected chi connectivity index (χ2v) is 7.32. The highest BCUT2D eigenvalue weighted by molar-refractivity contribution is 7.91. The molecule has 0 radical (unpaired) electrons. The number of rotatable bonds is 3. The first-order valence-electron chi connectivity index (χ1n) is 5.75. The predicted octanol–water partition coefficient (Wildman–Crippen LogP) is -0.829. The number of aromatic amines is 1. The van der Waals surface area contributed by atoms with Crippen molar-refractivity contribution in [2.24, 2.45) is 0 Å². The van der Waals surface area contributed by atoms with Crippen molar-refractivity contribution in [3.63, 3.8) is 0 Å². The van der Waals surface area contributed by atoms with Crippen molar-refractivity contribution >= 4 is 33.2 Å². The van der Waals surface area contributed by atoms with Crippen molar-refractivity contribution in [3.8, 4) is 0 Å². The average molecular weight is 319 g/mol. The maximum Gasteiger partial charge on any atom is 0.305 e. The number of carbonyl (C=O) groups is 2. The molecule has 8 nitrogen and oxygen atoms in total. The molecule has 10 heteroatoms. The number of carbonyl (C=O) groups excluding carboxylic acids is 2. The molecule has 20 heavy (non-hydrogen) atoms. The normalized spacial score (nSPS) is 20.5. The van der Waals surface area contributed by atoms with Gasteiger partial charge < -0.3 is 4.98 Å². The number of thiazole rings is 1. The van der Waals surface area contributed by atoms with Gasteiger partial charge in [-0.3, -0.25) is 19.3 Å². The van der Waals surface area contributed by atoms with E-state index in [1.54, 1.807) is 0 Å². The molecule has 1 fully saturated rings. The topological polar surface area (TPSA) is 116 Å². The highest BCUT2D eigenvalue weighted by atomic mass is 32.2. The smallest absolute Gasteiger partial charge is 0.305 e. The maximum absolute atomic E-state index is 12.2. The van der Waals surface area contributed by atoms with E-state index in [4.69, 9.17) is 0 Å². The predicted molar refractivity (Wildman–Crippen MR) is 70.8 cm³/mol. The Kier molecular flexibility index (Phi) is 3.80. The van der Waals surface area contributed by atoms with Gasteiger partial charge in [-0.15, -0.1) is 0 Å². The van der Waals surface area contributed by atoms with Gasteiger partial charge in [0.15, 0.2) is 4.21 Å². The lowest BCUT2D eigenvalue weighted by atomic mass is 10.1. The highest BCUT2D eigenvalue weighted by Gasteiger charge is 2.35. The lowest BCUT2D eigenvalue weighted by Gasteiger charge is -2.27. The molecule has 1 aliphatic rings. The van der Waals surface area contributed by atoms with Gasteiger partial charge in [0.1, 0.15) is 6.04 Å². The van der Waals surface area contributed by atoms with Crippen LogP contribution in [0.5, 0.6) is 0 Å². The van der Waals surface area contributed by atoms with Crippen molar-refractivity contribution in [1.29, 1.82) is 0 Å². The van der Waals surface area contributed by atoms with E-state index < -0.39 is 26.8 Å². The SMILES string of the molecule is Cc1[nH]c(=O)sc1S(=O)(=O)NC1CCC(=O)N(C)C1=O. The number of H-pyrrole nitrogens is 1. The fourth-order valence-corrected chi connectivity index (χ4v) is 4.45. The standard InChI is InChI=1S/C10H13N3O5S2/c1-5-9(19-10(16)11-5)20(17,18)12-6-3-4-7(14)13(2)8(6)15/h6,12H,3-4H2,1-2H3,(H,11,16). The summed E-state index contributed by atoms with van der Waals surface area (Å²) in [6, 6.07) is -0.987. The number of amides is 2. The molecule has 2 rings (SSSR count). The number of aromatic nitrogens is 1. The molecular formula is C10H13N3O5S2. The molecule has 0 spiro atoms. The Balaban J connectivity index is 2.25. The summed E-state index contributed by atoms with van der Waals surface area (Å²) < 4.78 is 26.4. The molecule has 0 aromatic carbocycles. The largest absolute Gasteiger partial charge is 0.315 e. The monoisotopic (exact) mass is 319 g/mol. The fraction of sp³-hybridized carbons (Fsp3) is 0.500. The lowest BCUT2D eigenvalue weighted by Crippen LogP contribution is -2.52. The van der Waals surface area contributed by atoms with Crippen LogP contribution in [0.1, 0.15) is 18.5 Å². The van der Waals surface area contributed by atoms with Crippen molar-refractivity contribution in [1.82, 2.24) is 14.6 Å². The van der Waals surface area contributed by atoms with Crippen molar-refractivity contribution in [2.75, 3.05) is 7.05 Å². The van der Waals surface area contributed by atoms with E-state index in [2.05, 4.69) is 9.71 Å². The summed E-state index contributed by atoms with van der Waals surface area (Å²) >= 11 is 0.559. The van der Waals surface area contributed by atoms with E-state index in [0.717, 1.165) is 4.90 Å². The van der Waals surface area contributed by atoms with Gasteiger partial charge in [0.2, 0.25) is 11.8 Å². The molecule has 1 atom stereocenters. The molecule has 110 valence electrons. The average Bonchev–Trinajstić information content (AvgIpc) is 2.70. The molecule has 2 N–H and O–H groups in total. The van der Waals surface area contributed by atoms with E-state index in [9.17, 15) is 22.8 Å². The first-order chi connectivity index (χ1) is 9.22. The summed E-state index contributed by atoms with van der Waals surface area (Å²) in [7, 11) is -2.65. The minimum Gasteiger partial charge on any atom is -0.315 e. The van der Waals surface area contributed by atoms with Crippen LogP contribution in [0.4, 0.5) is 0 Å². The van der Waals surface area contributed by atoms with Crippen LogP contribution in [0.3, 0.4) is 0 Å². The summed E-state index contributed by atoms with van der Waals surface area (Å²) in [6.45, 7) is 1.46. The summed E-state index contributed by atoms with van der Waals surface area (Å²) in [5.41, 5.74) is 0.222. The quantitative estimate of drug-likeness (QED) is 0.705.